The molecule has 1 aromatic carbocycles. The highest BCUT2D eigenvalue weighted by Crippen LogP contribution is 2.30. The molecule has 1 saturated carbocycles. The maximum Gasteiger partial charge on any atom is 0.253 e. The smallest absolute Gasteiger partial charge is 0.253 e. The van der Waals surface area contributed by atoms with Crippen LogP contribution in [0.3, 0.4) is 0 Å². The summed E-state index contributed by atoms with van der Waals surface area (Å²) >= 11 is 0. The molecule has 0 aromatic heterocycles. The molecule has 2 rings (SSSR count). The number of nitrogens with one attached hydrogen (secondary N) is 1. The SMILES string of the molecule is CCOc1cc(C(=O)N(C)C)ccc1NC(=O)CC1CCCC1. The predicted molar refractivity (Wildman–Crippen MR) is 90.8 cm³/mol. The van der Waals surface area contributed by atoms with Gasteiger partial charge in [-0.25, -0.2) is 0 Å². The van der Waals surface area contributed by atoms with Crippen molar-refractivity contribution in [2.45, 2.75) is 39.0 Å². The third-order valence-electron chi connectivity index (χ3n) is 4.16. The maximum absolute atomic E-state index is 12.2. The molecule has 0 bridgehead atoms. The molecule has 1 aliphatic rings. The minimum absolute atomic E-state index is 0.0181. The van der Waals surface area contributed by atoms with Crippen LogP contribution in [-0.2, 0) is 4.79 Å². The van der Waals surface area contributed by atoms with Gasteiger partial charge in [0.2, 0.25) is 5.91 Å². The summed E-state index contributed by atoms with van der Waals surface area (Å²) in [5, 5.41) is 2.93. The molecule has 0 spiro atoms. The van der Waals surface area contributed by atoms with Crippen molar-refractivity contribution < 1.29 is 14.3 Å². The largest absolute Gasteiger partial charge is 0.492 e. The topological polar surface area (TPSA) is 58.6 Å². The van der Waals surface area contributed by atoms with E-state index in [-0.39, 0.29) is 11.8 Å². The van der Waals surface area contributed by atoms with E-state index < -0.39 is 0 Å². The average molecular weight is 318 g/mol. The van der Waals surface area contributed by atoms with Crippen molar-refractivity contribution >= 4 is 17.5 Å². The summed E-state index contributed by atoms with van der Waals surface area (Å²) in [6, 6.07) is 5.15. The van der Waals surface area contributed by atoms with Crippen LogP contribution in [0.2, 0.25) is 0 Å². The number of nitrogens with zero attached hydrogens (tertiary/aromatic N) is 1. The van der Waals surface area contributed by atoms with Gasteiger partial charge in [-0.15, -0.1) is 0 Å². The van der Waals surface area contributed by atoms with Gasteiger partial charge in [0.15, 0.2) is 0 Å². The molecule has 0 heterocycles. The van der Waals surface area contributed by atoms with Crippen LogP contribution in [0.5, 0.6) is 5.75 Å². The molecule has 2 amide bonds. The Hall–Kier alpha value is -2.04. The summed E-state index contributed by atoms with van der Waals surface area (Å²) in [5.41, 5.74) is 1.18. The second-order valence-corrected chi connectivity index (χ2v) is 6.25. The Balaban J connectivity index is 2.10. The van der Waals surface area contributed by atoms with Gasteiger partial charge in [0.05, 0.1) is 12.3 Å². The molecule has 0 saturated heterocycles. The number of carbonyl (C=O) groups excluding carboxylic acids is 2. The molecule has 0 unspecified atom stereocenters. The summed E-state index contributed by atoms with van der Waals surface area (Å²) in [7, 11) is 3.42. The first-order chi connectivity index (χ1) is 11.0. The minimum Gasteiger partial charge on any atom is -0.492 e. The molecular weight excluding hydrogens is 292 g/mol. The van der Waals surface area contributed by atoms with E-state index in [9.17, 15) is 9.59 Å². The molecule has 1 aliphatic carbocycles. The zero-order chi connectivity index (χ0) is 16.8. The Morgan fingerprint density at radius 2 is 1.96 bits per heavy atom. The van der Waals surface area contributed by atoms with Crippen LogP contribution in [0.25, 0.3) is 0 Å². The molecule has 23 heavy (non-hydrogen) atoms. The molecular formula is C18H26N2O3. The van der Waals surface area contributed by atoms with Gasteiger partial charge in [-0.05, 0) is 43.9 Å². The Morgan fingerprint density at radius 3 is 2.57 bits per heavy atom. The standard InChI is InChI=1S/C18H26N2O3/c1-4-23-16-12-14(18(22)20(2)3)9-10-15(16)19-17(21)11-13-7-5-6-8-13/h9-10,12-13H,4-8,11H2,1-3H3,(H,19,21). The lowest BCUT2D eigenvalue weighted by atomic mass is 10.0. The van der Waals surface area contributed by atoms with Crippen LogP contribution < -0.4 is 10.1 Å². The van der Waals surface area contributed by atoms with E-state index in [2.05, 4.69) is 5.32 Å². The zero-order valence-electron chi connectivity index (χ0n) is 14.2. The van der Waals surface area contributed by atoms with Crippen LogP contribution in [0.4, 0.5) is 5.69 Å². The van der Waals surface area contributed by atoms with Crippen LogP contribution >= 0.6 is 0 Å². The lowest BCUT2D eigenvalue weighted by Gasteiger charge is -2.16. The number of benzene rings is 1. The number of anilines is 1. The first kappa shape index (κ1) is 17.3. The van der Waals surface area contributed by atoms with Crippen molar-refractivity contribution in [3.8, 4) is 5.75 Å². The van der Waals surface area contributed by atoms with Crippen LogP contribution in [0.1, 0.15) is 49.4 Å². The molecule has 1 aromatic rings. The Bertz CT molecular complexity index is 563. The van der Waals surface area contributed by atoms with Crippen molar-refractivity contribution in [3.63, 3.8) is 0 Å². The number of ether oxygens (including phenoxy) is 1. The van der Waals surface area contributed by atoms with E-state index in [1.807, 2.05) is 6.92 Å². The fourth-order valence-electron chi connectivity index (χ4n) is 2.97. The van der Waals surface area contributed by atoms with Crippen LogP contribution in [0, 0.1) is 5.92 Å². The molecule has 5 nitrogen and oxygen atoms in total. The average Bonchev–Trinajstić information content (AvgIpc) is 3.01. The normalized spacial score (nSPS) is 14.6. The van der Waals surface area contributed by atoms with E-state index in [4.69, 9.17) is 4.74 Å². The summed E-state index contributed by atoms with van der Waals surface area (Å²) < 4.78 is 5.59. The van der Waals surface area contributed by atoms with Gasteiger partial charge < -0.3 is 15.0 Å². The summed E-state index contributed by atoms with van der Waals surface area (Å²) in [6.45, 7) is 2.36. The number of rotatable bonds is 6. The first-order valence-corrected chi connectivity index (χ1v) is 8.29. The number of carbonyl (C=O) groups is 2. The van der Waals surface area contributed by atoms with E-state index in [1.54, 1.807) is 32.3 Å². The fraction of sp³-hybridized carbons (Fsp3) is 0.556. The van der Waals surface area contributed by atoms with Gasteiger partial charge >= 0.3 is 0 Å². The van der Waals surface area contributed by atoms with Crippen LogP contribution in [-0.4, -0.2) is 37.4 Å². The zero-order valence-corrected chi connectivity index (χ0v) is 14.2. The molecule has 5 heteroatoms. The molecule has 0 radical (unpaired) electrons. The quantitative estimate of drug-likeness (QED) is 0.875. The van der Waals surface area contributed by atoms with Gasteiger partial charge in [0.1, 0.15) is 5.75 Å². The molecule has 0 aliphatic heterocycles. The van der Waals surface area contributed by atoms with Crippen molar-refractivity contribution in [2.75, 3.05) is 26.0 Å². The Kier molecular flexibility index (Phi) is 6.02. The van der Waals surface area contributed by atoms with Gasteiger partial charge in [-0.3, -0.25) is 9.59 Å². The van der Waals surface area contributed by atoms with Crippen molar-refractivity contribution in [1.82, 2.24) is 4.90 Å². The van der Waals surface area contributed by atoms with Crippen molar-refractivity contribution in [1.29, 1.82) is 0 Å². The van der Waals surface area contributed by atoms with E-state index in [1.165, 1.54) is 17.7 Å². The second-order valence-electron chi connectivity index (χ2n) is 6.25. The van der Waals surface area contributed by atoms with E-state index >= 15 is 0 Å². The molecule has 1 fully saturated rings. The molecule has 1 N–H and O–H groups in total. The first-order valence-electron chi connectivity index (χ1n) is 8.29. The van der Waals surface area contributed by atoms with Crippen molar-refractivity contribution in [3.05, 3.63) is 23.8 Å². The third kappa shape index (κ3) is 4.71. The van der Waals surface area contributed by atoms with Crippen LogP contribution in [0.15, 0.2) is 18.2 Å². The highest BCUT2D eigenvalue weighted by Gasteiger charge is 2.19. The van der Waals surface area contributed by atoms with Crippen molar-refractivity contribution in [2.24, 2.45) is 5.92 Å². The number of amides is 2. The summed E-state index contributed by atoms with van der Waals surface area (Å²) in [6.07, 6.45) is 5.29. The summed E-state index contributed by atoms with van der Waals surface area (Å²) in [4.78, 5) is 25.8. The Morgan fingerprint density at radius 1 is 1.26 bits per heavy atom. The molecule has 126 valence electrons. The minimum atomic E-state index is -0.0882. The van der Waals surface area contributed by atoms with E-state index in [0.717, 1.165) is 12.8 Å². The van der Waals surface area contributed by atoms with E-state index in [0.29, 0.717) is 35.9 Å². The fourth-order valence-corrected chi connectivity index (χ4v) is 2.97. The lowest BCUT2D eigenvalue weighted by molar-refractivity contribution is -0.117. The maximum atomic E-state index is 12.2. The summed E-state index contributed by atoms with van der Waals surface area (Å²) in [5.74, 6) is 0.972. The number of hydrogen-bond donors (Lipinski definition) is 1. The van der Waals surface area contributed by atoms with Gasteiger partial charge in [0.25, 0.3) is 5.91 Å². The Labute approximate surface area is 138 Å². The van der Waals surface area contributed by atoms with Gasteiger partial charge in [-0.1, -0.05) is 12.8 Å². The monoisotopic (exact) mass is 318 g/mol. The highest BCUT2D eigenvalue weighted by molar-refractivity contribution is 5.97. The van der Waals surface area contributed by atoms with Gasteiger partial charge in [-0.2, -0.15) is 0 Å². The third-order valence-corrected chi connectivity index (χ3v) is 4.16. The predicted octanol–water partition coefficient (Wildman–Crippen LogP) is 3.31. The van der Waals surface area contributed by atoms with Gasteiger partial charge in [0, 0.05) is 26.1 Å². The highest BCUT2D eigenvalue weighted by atomic mass is 16.5. The second kappa shape index (κ2) is 7.99. The number of hydrogen-bond acceptors (Lipinski definition) is 3. The molecule has 0 atom stereocenters. The lowest BCUT2D eigenvalue weighted by Crippen LogP contribution is -2.22.